The number of amides is 4. The fourth-order valence-electron chi connectivity index (χ4n) is 9.09. The minimum atomic E-state index is -4.58. The van der Waals surface area contributed by atoms with Crippen LogP contribution in [-0.4, -0.2) is 96.5 Å². The van der Waals surface area contributed by atoms with E-state index < -0.39 is 96.1 Å². The molecule has 0 aromatic heterocycles. The van der Waals surface area contributed by atoms with Gasteiger partial charge in [0, 0.05) is 19.5 Å². The average molecular weight is 987 g/mol. The number of aryl methyl sites for hydroxylation is 1. The summed E-state index contributed by atoms with van der Waals surface area (Å²) in [4.78, 5) is 60.3. The first-order chi connectivity index (χ1) is 32.0. The predicted octanol–water partition coefficient (Wildman–Crippen LogP) is 10.2. The highest BCUT2D eigenvalue weighted by atomic mass is 28.4. The molecule has 3 aromatic carbocycles. The summed E-state index contributed by atoms with van der Waals surface area (Å²) in [6.07, 6.45) is -5.88. The number of alkyl halides is 3. The molecule has 17 heteroatoms. The second-order valence-electron chi connectivity index (χ2n) is 21.3. The molecule has 3 aromatic rings. The summed E-state index contributed by atoms with van der Waals surface area (Å²) in [5, 5.41) is 5.70. The number of likely N-dealkylation sites (tertiary alicyclic amines) is 2. The van der Waals surface area contributed by atoms with Gasteiger partial charge in [-0.15, -0.1) is 0 Å². The third-order valence-corrected chi connectivity index (χ3v) is 18.3. The average Bonchev–Trinajstić information content (AvgIpc) is 3.81. The van der Waals surface area contributed by atoms with Gasteiger partial charge in [0.05, 0.1) is 43.0 Å². The Morgan fingerprint density at radius 1 is 0.899 bits per heavy atom. The number of carbonyl (C=O) groups excluding carboxylic acids is 4. The summed E-state index contributed by atoms with van der Waals surface area (Å²) in [7, 11) is -2.92. The van der Waals surface area contributed by atoms with Gasteiger partial charge >= 0.3 is 12.3 Å². The largest absolute Gasteiger partial charge is 0.444 e. The Bertz CT molecular complexity index is 2250. The molecular weight excluding hydrogens is 916 g/mol. The molecule has 0 aliphatic carbocycles. The van der Waals surface area contributed by atoms with Crippen LogP contribution in [0.1, 0.15) is 110 Å². The zero-order valence-electron chi connectivity index (χ0n) is 41.9. The van der Waals surface area contributed by atoms with Gasteiger partial charge in [-0.3, -0.25) is 19.3 Å². The third kappa shape index (κ3) is 14.1. The Balaban J connectivity index is 1.64. The molecule has 2 aliphatic heterocycles. The molecule has 2 heterocycles. The van der Waals surface area contributed by atoms with E-state index in [0.29, 0.717) is 12.8 Å². The molecule has 2 aliphatic rings. The molecule has 7 atom stereocenters. The Morgan fingerprint density at radius 3 is 2.12 bits per heavy atom. The lowest BCUT2D eigenvalue weighted by molar-refractivity contribution is -0.144. The van der Waals surface area contributed by atoms with Crippen LogP contribution in [0.5, 0.6) is 0 Å². The van der Waals surface area contributed by atoms with Crippen molar-refractivity contribution in [2.75, 3.05) is 13.1 Å². The van der Waals surface area contributed by atoms with E-state index in [2.05, 4.69) is 10.6 Å². The molecule has 2 saturated heterocycles. The smallest absolute Gasteiger partial charge is 0.416 e. The SMILES string of the molecule is CC[C@@H](C)[C@@]1(NC(C)=O)CCN([C@@H](CCc2ccccc2)C(=O)N[C@@H](Cc2cc(F)cc(F)c2)[C@H](O[Si](C)(C)C(C)(C)C)C2CC(OCc3cccc(C(F)(F)F)c3)CN2C(=O)OC(C)(C)C)C1=O. The van der Waals surface area contributed by atoms with Gasteiger partial charge < -0.3 is 29.4 Å². The minimum Gasteiger partial charge on any atom is -0.444 e. The molecule has 4 amide bonds. The van der Waals surface area contributed by atoms with Crippen molar-refractivity contribution in [3.05, 3.63) is 107 Å². The number of carbonyl (C=O) groups is 4. The van der Waals surface area contributed by atoms with E-state index in [1.165, 1.54) is 28.9 Å². The van der Waals surface area contributed by atoms with Crippen LogP contribution in [-0.2, 0) is 53.9 Å². The van der Waals surface area contributed by atoms with Crippen molar-refractivity contribution in [3.63, 3.8) is 0 Å². The molecule has 11 nitrogen and oxygen atoms in total. The van der Waals surface area contributed by atoms with E-state index in [1.807, 2.05) is 78.0 Å². The lowest BCUT2D eigenvalue weighted by atomic mass is 9.81. The van der Waals surface area contributed by atoms with Gasteiger partial charge in [0.25, 0.3) is 0 Å². The van der Waals surface area contributed by atoms with Crippen molar-refractivity contribution in [1.82, 2.24) is 20.4 Å². The predicted molar refractivity (Wildman–Crippen MR) is 256 cm³/mol. The monoisotopic (exact) mass is 987 g/mol. The van der Waals surface area contributed by atoms with Crippen molar-refractivity contribution in [1.29, 1.82) is 0 Å². The molecule has 0 spiro atoms. The molecular formula is C52H71F5N4O7Si. The van der Waals surface area contributed by atoms with Crippen LogP contribution in [0.2, 0.25) is 18.1 Å². The number of nitrogens with one attached hydrogen (secondary N) is 2. The van der Waals surface area contributed by atoms with E-state index in [0.717, 1.165) is 35.9 Å². The highest BCUT2D eigenvalue weighted by Crippen LogP contribution is 2.41. The first-order valence-electron chi connectivity index (χ1n) is 23.9. The zero-order valence-corrected chi connectivity index (χ0v) is 42.9. The quantitative estimate of drug-likeness (QED) is 0.0960. The second kappa shape index (κ2) is 22.0. The number of benzene rings is 3. The lowest BCUT2D eigenvalue weighted by Crippen LogP contribution is -2.63. The molecule has 69 heavy (non-hydrogen) atoms. The second-order valence-corrected chi connectivity index (χ2v) is 26.0. The van der Waals surface area contributed by atoms with Crippen LogP contribution in [0, 0.1) is 17.6 Å². The Hall–Kier alpha value is -4.87. The van der Waals surface area contributed by atoms with Gasteiger partial charge in [-0.05, 0) is 118 Å². The van der Waals surface area contributed by atoms with Crippen molar-refractivity contribution in [2.24, 2.45) is 5.92 Å². The Labute approximate surface area is 405 Å². The number of halogens is 5. The number of rotatable bonds is 18. The minimum absolute atomic E-state index is 0.0615. The van der Waals surface area contributed by atoms with Crippen LogP contribution >= 0.6 is 0 Å². The van der Waals surface area contributed by atoms with Gasteiger partial charge in [0.15, 0.2) is 8.32 Å². The van der Waals surface area contributed by atoms with Crippen LogP contribution in [0.15, 0.2) is 72.8 Å². The third-order valence-electron chi connectivity index (χ3n) is 13.9. The van der Waals surface area contributed by atoms with Crippen LogP contribution in [0.25, 0.3) is 0 Å². The maximum atomic E-state index is 15.4. The molecule has 0 radical (unpaired) electrons. The van der Waals surface area contributed by atoms with E-state index in [-0.39, 0.29) is 68.3 Å². The van der Waals surface area contributed by atoms with Gasteiger partial charge in [0.1, 0.15) is 28.8 Å². The standard InChI is InChI=1S/C52H71F5N4O7Si/c1-12-33(2)51(59-34(3)62)23-24-60(47(51)64)43(22-21-35-17-14-13-15-18-35)46(63)58-42(28-37-26-39(53)29-40(54)27-37)45(68-69(10,11)50(7,8)9)44-30-41(31-61(44)48(65)67-49(4,5)6)66-32-36-19-16-20-38(25-36)52(55,56)57/h13-20,25-27,29,33,41-45H,12,21-24,28,30-32H2,1-11H3,(H,58,63)(H,59,62)/t33-,41?,42+,43+,44?,45+,51+/m1/s1. The number of hydrogen-bond donors (Lipinski definition) is 2. The topological polar surface area (TPSA) is 127 Å². The van der Waals surface area contributed by atoms with Gasteiger partial charge in [-0.1, -0.05) is 83.5 Å². The van der Waals surface area contributed by atoms with E-state index in [4.69, 9.17) is 13.9 Å². The summed E-state index contributed by atoms with van der Waals surface area (Å²) in [5.41, 5.74) is -1.70. The molecule has 5 rings (SSSR count). The summed E-state index contributed by atoms with van der Waals surface area (Å²) in [6, 6.07) is 14.2. The van der Waals surface area contributed by atoms with E-state index >= 15 is 13.6 Å². The number of hydrogen-bond acceptors (Lipinski definition) is 7. The Morgan fingerprint density at radius 2 is 1.54 bits per heavy atom. The fourth-order valence-corrected chi connectivity index (χ4v) is 10.4. The van der Waals surface area contributed by atoms with Crippen molar-refractivity contribution in [3.8, 4) is 0 Å². The van der Waals surface area contributed by atoms with Crippen molar-refractivity contribution in [2.45, 2.75) is 173 Å². The molecule has 2 N–H and O–H groups in total. The lowest BCUT2D eigenvalue weighted by Gasteiger charge is -2.45. The summed E-state index contributed by atoms with van der Waals surface area (Å²) in [6.45, 7) is 20.2. The number of nitrogens with zero attached hydrogens (tertiary/aromatic N) is 2. The van der Waals surface area contributed by atoms with Crippen molar-refractivity contribution >= 4 is 32.1 Å². The first-order valence-corrected chi connectivity index (χ1v) is 26.8. The van der Waals surface area contributed by atoms with Crippen LogP contribution in [0.4, 0.5) is 26.7 Å². The summed E-state index contributed by atoms with van der Waals surface area (Å²) in [5.74, 6) is -3.33. The van der Waals surface area contributed by atoms with Gasteiger partial charge in [-0.2, -0.15) is 13.2 Å². The molecule has 380 valence electrons. The maximum Gasteiger partial charge on any atom is 0.416 e. The molecule has 0 bridgehead atoms. The van der Waals surface area contributed by atoms with E-state index in [1.54, 1.807) is 20.8 Å². The normalized spacial score (nSPS) is 20.9. The van der Waals surface area contributed by atoms with Crippen molar-refractivity contribution < 1.29 is 55.0 Å². The van der Waals surface area contributed by atoms with Crippen LogP contribution < -0.4 is 10.6 Å². The molecule has 0 saturated carbocycles. The molecule has 2 fully saturated rings. The molecule has 2 unspecified atom stereocenters. The zero-order chi connectivity index (χ0) is 51.3. The summed E-state index contributed by atoms with van der Waals surface area (Å²) >= 11 is 0. The van der Waals surface area contributed by atoms with Gasteiger partial charge in [0.2, 0.25) is 17.7 Å². The Kier molecular flexibility index (Phi) is 17.6. The summed E-state index contributed by atoms with van der Waals surface area (Å²) < 4.78 is 90.8. The number of ether oxygens (including phenoxy) is 2. The maximum absolute atomic E-state index is 15.4. The highest BCUT2D eigenvalue weighted by molar-refractivity contribution is 6.74. The highest BCUT2D eigenvalue weighted by Gasteiger charge is 2.54. The first kappa shape index (κ1) is 55.1. The van der Waals surface area contributed by atoms with Gasteiger partial charge in [-0.25, -0.2) is 13.6 Å². The fraction of sp³-hybridized carbons (Fsp3) is 0.577. The van der Waals surface area contributed by atoms with Crippen LogP contribution in [0.3, 0.4) is 0 Å². The van der Waals surface area contributed by atoms with E-state index in [9.17, 15) is 27.6 Å².